The van der Waals surface area contributed by atoms with Crippen molar-refractivity contribution in [2.24, 2.45) is 17.6 Å². The molecule has 2 rings (SSSR count). The number of nitrogens with one attached hydrogen (secondary N) is 1. The summed E-state index contributed by atoms with van der Waals surface area (Å²) in [5.41, 5.74) is 6.88. The molecule has 0 aromatic carbocycles. The van der Waals surface area contributed by atoms with Crippen LogP contribution < -0.4 is 11.1 Å². The number of anilines is 1. The van der Waals surface area contributed by atoms with Crippen LogP contribution in [0.15, 0.2) is 16.6 Å². The highest BCUT2D eigenvalue weighted by atomic mass is 79.9. The third kappa shape index (κ3) is 3.45. The molecule has 0 aliphatic heterocycles. The molecule has 1 aromatic rings. The highest BCUT2D eigenvalue weighted by molar-refractivity contribution is 9.10. The van der Waals surface area contributed by atoms with Gasteiger partial charge in [0.25, 0.3) is 0 Å². The molecule has 3 N–H and O–H groups in total. The second kappa shape index (κ2) is 6.53. The fourth-order valence-electron chi connectivity index (χ4n) is 2.74. The molecule has 0 bridgehead atoms. The molecule has 0 saturated heterocycles. The van der Waals surface area contributed by atoms with Crippen LogP contribution in [0.5, 0.6) is 0 Å². The lowest BCUT2D eigenvalue weighted by molar-refractivity contribution is 0.255. The number of nitrogens with two attached hydrogens (primary N) is 1. The Morgan fingerprint density at radius 2 is 2.06 bits per heavy atom. The predicted molar refractivity (Wildman–Crippen MR) is 79.7 cm³/mol. The van der Waals surface area contributed by atoms with Crippen LogP contribution in [0.25, 0.3) is 0 Å². The van der Waals surface area contributed by atoms with Crippen molar-refractivity contribution >= 4 is 21.7 Å². The first kappa shape index (κ1) is 13.8. The van der Waals surface area contributed by atoms with E-state index in [-0.39, 0.29) is 0 Å². The number of halogens is 1. The predicted octanol–water partition coefficient (Wildman–Crippen LogP) is 3.33. The first-order valence-corrected chi connectivity index (χ1v) is 7.57. The van der Waals surface area contributed by atoms with Crippen LogP contribution in [0.1, 0.15) is 31.4 Å². The van der Waals surface area contributed by atoms with Gasteiger partial charge in [0, 0.05) is 11.0 Å². The van der Waals surface area contributed by atoms with E-state index in [2.05, 4.69) is 26.2 Å². The van der Waals surface area contributed by atoms with Crippen molar-refractivity contribution in [2.45, 2.75) is 32.6 Å². The molecule has 1 saturated carbocycles. The van der Waals surface area contributed by atoms with Crippen LogP contribution in [0.3, 0.4) is 0 Å². The standard InChI is InChI=1S/C14H22BrN3/c1-10-13(15)6-7-14(18-10)17-9-12-5-3-2-4-11(12)8-16/h6-7,11-12H,2-5,8-9,16H2,1H3,(H,17,18). The molecule has 1 fully saturated rings. The Hall–Kier alpha value is -0.610. The third-order valence-electron chi connectivity index (χ3n) is 3.94. The molecule has 1 aliphatic rings. The van der Waals surface area contributed by atoms with Gasteiger partial charge in [0.2, 0.25) is 0 Å². The SMILES string of the molecule is Cc1nc(NCC2CCCCC2CN)ccc1Br. The minimum atomic E-state index is 0.683. The van der Waals surface area contributed by atoms with Crippen molar-refractivity contribution in [1.29, 1.82) is 0 Å². The monoisotopic (exact) mass is 311 g/mol. The molecule has 0 radical (unpaired) electrons. The van der Waals surface area contributed by atoms with E-state index in [9.17, 15) is 0 Å². The van der Waals surface area contributed by atoms with E-state index in [1.54, 1.807) is 0 Å². The van der Waals surface area contributed by atoms with E-state index in [1.165, 1.54) is 25.7 Å². The molecule has 0 amide bonds. The van der Waals surface area contributed by atoms with Gasteiger partial charge < -0.3 is 11.1 Å². The fourth-order valence-corrected chi connectivity index (χ4v) is 2.96. The van der Waals surface area contributed by atoms with Crippen LogP contribution in [0.2, 0.25) is 0 Å². The number of nitrogens with zero attached hydrogens (tertiary/aromatic N) is 1. The number of hydrogen-bond acceptors (Lipinski definition) is 3. The van der Waals surface area contributed by atoms with Gasteiger partial charge in [-0.15, -0.1) is 0 Å². The van der Waals surface area contributed by atoms with E-state index in [1.807, 2.05) is 19.1 Å². The van der Waals surface area contributed by atoms with Gasteiger partial charge in [-0.1, -0.05) is 12.8 Å². The topological polar surface area (TPSA) is 50.9 Å². The van der Waals surface area contributed by atoms with Crippen molar-refractivity contribution in [2.75, 3.05) is 18.4 Å². The molecule has 2 unspecified atom stereocenters. The quantitative estimate of drug-likeness (QED) is 0.896. The zero-order chi connectivity index (χ0) is 13.0. The largest absolute Gasteiger partial charge is 0.370 e. The second-order valence-electron chi connectivity index (χ2n) is 5.18. The summed E-state index contributed by atoms with van der Waals surface area (Å²) in [6, 6.07) is 4.07. The van der Waals surface area contributed by atoms with Crippen LogP contribution in [-0.4, -0.2) is 18.1 Å². The Bertz CT molecular complexity index is 395. The first-order valence-electron chi connectivity index (χ1n) is 6.78. The molecule has 100 valence electrons. The van der Waals surface area contributed by atoms with Crippen LogP contribution in [0, 0.1) is 18.8 Å². The Balaban J connectivity index is 1.91. The molecule has 3 nitrogen and oxygen atoms in total. The maximum absolute atomic E-state index is 5.86. The number of rotatable bonds is 4. The van der Waals surface area contributed by atoms with E-state index in [0.717, 1.165) is 29.1 Å². The van der Waals surface area contributed by atoms with E-state index >= 15 is 0 Å². The van der Waals surface area contributed by atoms with Gasteiger partial charge in [0.15, 0.2) is 0 Å². The van der Waals surface area contributed by atoms with Crippen molar-refractivity contribution in [3.63, 3.8) is 0 Å². The highest BCUT2D eigenvalue weighted by Gasteiger charge is 2.23. The van der Waals surface area contributed by atoms with Crippen LogP contribution in [0.4, 0.5) is 5.82 Å². The summed E-state index contributed by atoms with van der Waals surface area (Å²) in [6.45, 7) is 3.83. The average molecular weight is 312 g/mol. The number of hydrogen-bond donors (Lipinski definition) is 2. The minimum Gasteiger partial charge on any atom is -0.370 e. The zero-order valence-electron chi connectivity index (χ0n) is 11.0. The van der Waals surface area contributed by atoms with Crippen molar-refractivity contribution < 1.29 is 0 Å². The molecule has 2 atom stereocenters. The van der Waals surface area contributed by atoms with Gasteiger partial charge in [-0.05, 0) is 66.2 Å². The smallest absolute Gasteiger partial charge is 0.126 e. The van der Waals surface area contributed by atoms with E-state index in [0.29, 0.717) is 11.8 Å². The Labute approximate surface area is 118 Å². The normalized spacial score (nSPS) is 23.9. The molecular weight excluding hydrogens is 290 g/mol. The number of aromatic nitrogens is 1. The first-order chi connectivity index (χ1) is 8.70. The Morgan fingerprint density at radius 1 is 1.33 bits per heavy atom. The zero-order valence-corrected chi connectivity index (χ0v) is 12.5. The Morgan fingerprint density at radius 3 is 2.72 bits per heavy atom. The summed E-state index contributed by atoms with van der Waals surface area (Å²) in [4.78, 5) is 4.52. The maximum Gasteiger partial charge on any atom is 0.126 e. The molecule has 4 heteroatoms. The minimum absolute atomic E-state index is 0.683. The fraction of sp³-hybridized carbons (Fsp3) is 0.643. The van der Waals surface area contributed by atoms with Gasteiger partial charge in [0.05, 0.1) is 5.69 Å². The molecule has 1 aromatic heterocycles. The summed E-state index contributed by atoms with van der Waals surface area (Å²) >= 11 is 3.47. The summed E-state index contributed by atoms with van der Waals surface area (Å²) in [7, 11) is 0. The van der Waals surface area contributed by atoms with Gasteiger partial charge >= 0.3 is 0 Å². The Kier molecular flexibility index (Phi) is 5.01. The van der Waals surface area contributed by atoms with E-state index in [4.69, 9.17) is 5.73 Å². The lowest BCUT2D eigenvalue weighted by Gasteiger charge is -2.30. The van der Waals surface area contributed by atoms with Crippen molar-refractivity contribution in [3.8, 4) is 0 Å². The average Bonchev–Trinajstić information content (AvgIpc) is 2.40. The highest BCUT2D eigenvalue weighted by Crippen LogP contribution is 2.29. The van der Waals surface area contributed by atoms with Crippen molar-refractivity contribution in [1.82, 2.24) is 4.98 Å². The van der Waals surface area contributed by atoms with Crippen LogP contribution in [-0.2, 0) is 0 Å². The van der Waals surface area contributed by atoms with Crippen molar-refractivity contribution in [3.05, 3.63) is 22.3 Å². The molecule has 18 heavy (non-hydrogen) atoms. The number of pyridine rings is 1. The summed E-state index contributed by atoms with van der Waals surface area (Å²) in [5, 5.41) is 3.46. The van der Waals surface area contributed by atoms with Crippen LogP contribution >= 0.6 is 15.9 Å². The lowest BCUT2D eigenvalue weighted by Crippen LogP contribution is -2.31. The third-order valence-corrected chi connectivity index (χ3v) is 4.77. The molecule has 1 aliphatic carbocycles. The van der Waals surface area contributed by atoms with Gasteiger partial charge in [-0.3, -0.25) is 0 Å². The summed E-state index contributed by atoms with van der Waals surface area (Å²) in [6.07, 6.45) is 5.27. The van der Waals surface area contributed by atoms with Gasteiger partial charge in [0.1, 0.15) is 5.82 Å². The van der Waals surface area contributed by atoms with E-state index < -0.39 is 0 Å². The molecular formula is C14H22BrN3. The molecule has 1 heterocycles. The lowest BCUT2D eigenvalue weighted by atomic mass is 9.79. The van der Waals surface area contributed by atoms with Gasteiger partial charge in [-0.25, -0.2) is 4.98 Å². The summed E-state index contributed by atoms with van der Waals surface area (Å²) in [5.74, 6) is 2.36. The number of aryl methyl sites for hydroxylation is 1. The summed E-state index contributed by atoms with van der Waals surface area (Å²) < 4.78 is 1.06. The molecule has 0 spiro atoms. The second-order valence-corrected chi connectivity index (χ2v) is 6.04. The van der Waals surface area contributed by atoms with Gasteiger partial charge in [-0.2, -0.15) is 0 Å². The maximum atomic E-state index is 5.86.